The molecule has 1 saturated heterocycles. The van der Waals surface area contributed by atoms with E-state index < -0.39 is 11.7 Å². The maximum absolute atomic E-state index is 13.6. The van der Waals surface area contributed by atoms with Gasteiger partial charge in [-0.05, 0) is 31.0 Å². The molecule has 1 aromatic heterocycles. The smallest absolute Gasteiger partial charge is 0.253 e. The van der Waals surface area contributed by atoms with Crippen molar-refractivity contribution in [1.29, 1.82) is 0 Å². The highest BCUT2D eigenvalue weighted by Crippen LogP contribution is 2.32. The van der Waals surface area contributed by atoms with Crippen LogP contribution in [0.15, 0.2) is 18.5 Å². The number of benzene rings is 1. The summed E-state index contributed by atoms with van der Waals surface area (Å²) in [4.78, 5) is 16.4. The number of nitrogens with zero attached hydrogens (tertiary/aromatic N) is 2. The lowest BCUT2D eigenvalue weighted by molar-refractivity contribution is 0.0798. The van der Waals surface area contributed by atoms with Crippen LogP contribution in [0.1, 0.15) is 34.3 Å². The van der Waals surface area contributed by atoms with E-state index in [1.165, 1.54) is 25.4 Å². The van der Waals surface area contributed by atoms with E-state index in [1.807, 2.05) is 0 Å². The first-order valence-corrected chi connectivity index (χ1v) is 7.65. The van der Waals surface area contributed by atoms with E-state index >= 15 is 0 Å². The second-order valence-corrected chi connectivity index (χ2v) is 5.86. The van der Waals surface area contributed by atoms with Crippen LogP contribution < -0.4 is 5.32 Å². The van der Waals surface area contributed by atoms with Gasteiger partial charge in [0.2, 0.25) is 0 Å². The number of carbonyl (C=O) groups is 1. The lowest BCUT2D eigenvalue weighted by Crippen LogP contribution is -2.31. The summed E-state index contributed by atoms with van der Waals surface area (Å²) in [7, 11) is 0. The fourth-order valence-corrected chi connectivity index (χ4v) is 3.03. The van der Waals surface area contributed by atoms with Crippen molar-refractivity contribution >= 4 is 17.5 Å². The van der Waals surface area contributed by atoms with Crippen molar-refractivity contribution in [2.24, 2.45) is 5.92 Å². The molecule has 0 bridgehead atoms. The maximum Gasteiger partial charge on any atom is 0.253 e. The molecule has 2 aromatic rings. The number of nitrogens with one attached hydrogen (secondary N) is 2. The maximum atomic E-state index is 13.6. The summed E-state index contributed by atoms with van der Waals surface area (Å²) in [5.74, 6) is -0.139. The van der Waals surface area contributed by atoms with Gasteiger partial charge in [-0.25, -0.2) is 9.37 Å². The molecule has 23 heavy (non-hydrogen) atoms. The highest BCUT2D eigenvalue weighted by atomic mass is 35.5. The number of rotatable bonds is 4. The number of hydrogen-bond donors (Lipinski definition) is 2. The van der Waals surface area contributed by atoms with Gasteiger partial charge in [0.25, 0.3) is 5.91 Å². The van der Waals surface area contributed by atoms with Crippen LogP contribution in [0, 0.1) is 18.7 Å². The third-order valence-electron chi connectivity index (χ3n) is 4.02. The molecule has 0 saturated carbocycles. The highest BCUT2D eigenvalue weighted by Gasteiger charge is 2.32. The molecule has 1 fully saturated rings. The molecule has 0 radical (unpaired) electrons. The number of aromatic amines is 1. The van der Waals surface area contributed by atoms with Gasteiger partial charge in [0.05, 0.1) is 10.6 Å². The standard InChI is InChI=1S/C15H16ClFN4O2/c1-8-11(17)3-2-10(16)12(8)15(22)18-6-9-4-5-23-13(9)14-19-7-20-21-14/h2-3,7,9,13H,4-6H2,1H3,(H,18,22)(H,19,20,21)/t9-,13-/m0/s1. The van der Waals surface area contributed by atoms with Gasteiger partial charge in [-0.3, -0.25) is 9.89 Å². The summed E-state index contributed by atoms with van der Waals surface area (Å²) in [6.45, 7) is 2.51. The Hall–Kier alpha value is -1.99. The first-order chi connectivity index (χ1) is 11.1. The molecule has 2 N–H and O–H groups in total. The van der Waals surface area contributed by atoms with Crippen LogP contribution in [0.3, 0.4) is 0 Å². The second kappa shape index (κ2) is 6.64. The zero-order chi connectivity index (χ0) is 16.4. The Morgan fingerprint density at radius 2 is 2.39 bits per heavy atom. The summed E-state index contributed by atoms with van der Waals surface area (Å²) in [6.07, 6.45) is 1.98. The molecule has 0 unspecified atom stereocenters. The molecule has 6 nitrogen and oxygen atoms in total. The van der Waals surface area contributed by atoms with Crippen molar-refractivity contribution in [2.45, 2.75) is 19.4 Å². The molecule has 1 amide bonds. The lowest BCUT2D eigenvalue weighted by atomic mass is 10.0. The molecular formula is C15H16ClFN4O2. The van der Waals surface area contributed by atoms with Crippen LogP contribution >= 0.6 is 11.6 Å². The topological polar surface area (TPSA) is 79.9 Å². The minimum Gasteiger partial charge on any atom is -0.370 e. The third kappa shape index (κ3) is 3.20. The number of hydrogen-bond acceptors (Lipinski definition) is 4. The van der Waals surface area contributed by atoms with Gasteiger partial charge >= 0.3 is 0 Å². The SMILES string of the molecule is Cc1c(F)ccc(Cl)c1C(=O)NC[C@@H]1CCO[C@@H]1c1ncn[nH]1. The van der Waals surface area contributed by atoms with E-state index in [-0.39, 0.29) is 28.2 Å². The van der Waals surface area contributed by atoms with Crippen LogP contribution in [0.2, 0.25) is 5.02 Å². The van der Waals surface area contributed by atoms with E-state index in [0.717, 1.165) is 6.42 Å². The van der Waals surface area contributed by atoms with Crippen LogP contribution in [-0.4, -0.2) is 34.2 Å². The van der Waals surface area contributed by atoms with Gasteiger partial charge in [0, 0.05) is 19.1 Å². The monoisotopic (exact) mass is 338 g/mol. The zero-order valence-corrected chi connectivity index (χ0v) is 13.2. The Labute approximate surface area is 137 Å². The molecule has 1 aliphatic heterocycles. The van der Waals surface area contributed by atoms with E-state index in [4.69, 9.17) is 16.3 Å². The Morgan fingerprint density at radius 3 is 3.13 bits per heavy atom. The Morgan fingerprint density at radius 1 is 1.57 bits per heavy atom. The van der Waals surface area contributed by atoms with Gasteiger partial charge in [0.1, 0.15) is 18.2 Å². The van der Waals surface area contributed by atoms with Crippen molar-refractivity contribution in [3.05, 3.63) is 46.3 Å². The molecular weight excluding hydrogens is 323 g/mol. The highest BCUT2D eigenvalue weighted by molar-refractivity contribution is 6.34. The fraction of sp³-hybridized carbons (Fsp3) is 0.400. The Bertz CT molecular complexity index is 708. The molecule has 1 aliphatic rings. The number of halogens is 2. The predicted octanol–water partition coefficient (Wildman–Crippen LogP) is 2.41. The fourth-order valence-electron chi connectivity index (χ4n) is 2.74. The second-order valence-electron chi connectivity index (χ2n) is 5.45. The number of carbonyl (C=O) groups excluding carboxylic acids is 1. The van der Waals surface area contributed by atoms with E-state index in [9.17, 15) is 9.18 Å². The predicted molar refractivity (Wildman–Crippen MR) is 81.7 cm³/mol. The molecule has 1 aromatic carbocycles. The zero-order valence-electron chi connectivity index (χ0n) is 12.5. The average molecular weight is 339 g/mol. The van der Waals surface area contributed by atoms with Gasteiger partial charge in [-0.1, -0.05) is 11.6 Å². The summed E-state index contributed by atoms with van der Waals surface area (Å²) in [5, 5.41) is 9.64. The summed E-state index contributed by atoms with van der Waals surface area (Å²) >= 11 is 6.03. The number of ether oxygens (including phenoxy) is 1. The van der Waals surface area contributed by atoms with Crippen molar-refractivity contribution < 1.29 is 13.9 Å². The molecule has 122 valence electrons. The van der Waals surface area contributed by atoms with Crippen LogP contribution in [0.25, 0.3) is 0 Å². The number of H-pyrrole nitrogens is 1. The van der Waals surface area contributed by atoms with Gasteiger partial charge in [-0.2, -0.15) is 5.10 Å². The van der Waals surface area contributed by atoms with Gasteiger partial charge in [-0.15, -0.1) is 0 Å². The van der Waals surface area contributed by atoms with Crippen LogP contribution in [0.4, 0.5) is 4.39 Å². The van der Waals surface area contributed by atoms with Crippen molar-refractivity contribution in [2.75, 3.05) is 13.2 Å². The van der Waals surface area contributed by atoms with Crippen LogP contribution in [-0.2, 0) is 4.74 Å². The third-order valence-corrected chi connectivity index (χ3v) is 4.33. The van der Waals surface area contributed by atoms with E-state index in [0.29, 0.717) is 19.0 Å². The van der Waals surface area contributed by atoms with Crippen molar-refractivity contribution in [3.63, 3.8) is 0 Å². The summed E-state index contributed by atoms with van der Waals surface area (Å²) < 4.78 is 19.3. The van der Waals surface area contributed by atoms with E-state index in [2.05, 4.69) is 20.5 Å². The summed E-state index contributed by atoms with van der Waals surface area (Å²) in [5.41, 5.74) is 0.409. The quantitative estimate of drug-likeness (QED) is 0.897. The van der Waals surface area contributed by atoms with Gasteiger partial charge < -0.3 is 10.1 Å². The van der Waals surface area contributed by atoms with E-state index in [1.54, 1.807) is 0 Å². The largest absolute Gasteiger partial charge is 0.370 e. The Kier molecular flexibility index (Phi) is 4.58. The van der Waals surface area contributed by atoms with Crippen molar-refractivity contribution in [3.8, 4) is 0 Å². The molecule has 8 heteroatoms. The number of amides is 1. The lowest BCUT2D eigenvalue weighted by Gasteiger charge is -2.17. The normalized spacial score (nSPS) is 20.7. The molecule has 3 rings (SSSR count). The van der Waals surface area contributed by atoms with Crippen molar-refractivity contribution in [1.82, 2.24) is 20.5 Å². The molecule has 2 atom stereocenters. The van der Waals surface area contributed by atoms with Gasteiger partial charge in [0.15, 0.2) is 5.82 Å². The van der Waals surface area contributed by atoms with Crippen LogP contribution in [0.5, 0.6) is 0 Å². The minimum atomic E-state index is -0.455. The summed E-state index contributed by atoms with van der Waals surface area (Å²) in [6, 6.07) is 2.63. The number of aromatic nitrogens is 3. The average Bonchev–Trinajstić information content (AvgIpc) is 3.19. The minimum absolute atomic E-state index is 0.0690. The Balaban J connectivity index is 1.69. The molecule has 0 aliphatic carbocycles. The molecule has 2 heterocycles. The first kappa shape index (κ1) is 15.9. The first-order valence-electron chi connectivity index (χ1n) is 7.27. The molecule has 0 spiro atoms.